The summed E-state index contributed by atoms with van der Waals surface area (Å²) in [7, 11) is 0. The van der Waals surface area contributed by atoms with Crippen molar-refractivity contribution >= 4 is 34.7 Å². The van der Waals surface area contributed by atoms with E-state index in [0.717, 1.165) is 6.20 Å². The quantitative estimate of drug-likeness (QED) is 0.856. The van der Waals surface area contributed by atoms with Gasteiger partial charge in [0.15, 0.2) is 11.6 Å². The summed E-state index contributed by atoms with van der Waals surface area (Å²) >= 11 is 11.5. The minimum absolute atomic E-state index is 0.0912. The lowest BCUT2D eigenvalue weighted by Gasteiger charge is -2.08. The molecule has 0 atom stereocenters. The molecular weight excluding hydrogens is 278 g/mol. The maximum Gasteiger partial charge on any atom is 0.224 e. The van der Waals surface area contributed by atoms with Crippen LogP contribution in [0.3, 0.4) is 0 Å². The molecule has 0 unspecified atom stereocenters. The van der Waals surface area contributed by atoms with Crippen LogP contribution in [0.5, 0.6) is 0 Å². The highest BCUT2D eigenvalue weighted by atomic mass is 35.5. The largest absolute Gasteiger partial charge is 0.336 e. The van der Waals surface area contributed by atoms with Gasteiger partial charge in [-0.05, 0) is 29.8 Å². The van der Waals surface area contributed by atoms with Crippen molar-refractivity contribution in [3.05, 3.63) is 46.1 Å². The molecule has 0 saturated heterocycles. The summed E-state index contributed by atoms with van der Waals surface area (Å²) in [6.45, 7) is 0. The molecule has 90 valence electrons. The normalized spacial score (nSPS) is 9.89. The molecule has 0 fully saturated rings. The van der Waals surface area contributed by atoms with E-state index >= 15 is 0 Å². The summed E-state index contributed by atoms with van der Waals surface area (Å²) in [5.74, 6) is -0.773. The van der Waals surface area contributed by atoms with Gasteiger partial charge in [-0.2, -0.15) is 10.2 Å². The van der Waals surface area contributed by atoms with Crippen molar-refractivity contribution in [2.24, 2.45) is 0 Å². The highest BCUT2D eigenvalue weighted by molar-refractivity contribution is 6.33. The van der Waals surface area contributed by atoms with Crippen molar-refractivity contribution in [3.63, 3.8) is 0 Å². The van der Waals surface area contributed by atoms with Crippen molar-refractivity contribution in [3.8, 4) is 6.07 Å². The van der Waals surface area contributed by atoms with Crippen molar-refractivity contribution in [1.82, 2.24) is 9.97 Å². The second-order valence-corrected chi connectivity index (χ2v) is 4.01. The van der Waals surface area contributed by atoms with Crippen LogP contribution in [-0.4, -0.2) is 9.97 Å². The first kappa shape index (κ1) is 12.6. The van der Waals surface area contributed by atoms with Gasteiger partial charge in [0.2, 0.25) is 5.28 Å². The summed E-state index contributed by atoms with van der Waals surface area (Å²) in [5.41, 5.74) is 0.756. The number of benzene rings is 1. The molecule has 1 aromatic heterocycles. The molecule has 0 aliphatic rings. The van der Waals surface area contributed by atoms with Gasteiger partial charge in [-0.1, -0.05) is 11.6 Å². The number of nitriles is 1. The van der Waals surface area contributed by atoms with Gasteiger partial charge >= 0.3 is 0 Å². The maximum atomic E-state index is 13.4. The first-order valence-electron chi connectivity index (χ1n) is 4.75. The van der Waals surface area contributed by atoms with Crippen LogP contribution in [0.15, 0.2) is 24.4 Å². The molecule has 1 aromatic carbocycles. The van der Waals surface area contributed by atoms with Gasteiger partial charge in [-0.25, -0.2) is 9.37 Å². The van der Waals surface area contributed by atoms with Crippen molar-refractivity contribution in [2.45, 2.75) is 0 Å². The van der Waals surface area contributed by atoms with E-state index < -0.39 is 5.82 Å². The number of anilines is 2. The molecule has 0 bridgehead atoms. The van der Waals surface area contributed by atoms with Gasteiger partial charge in [0.05, 0.1) is 28.5 Å². The predicted octanol–water partition coefficient (Wildman–Crippen LogP) is 3.54. The van der Waals surface area contributed by atoms with E-state index in [0.29, 0.717) is 16.3 Å². The fraction of sp³-hybridized carbons (Fsp3) is 0. The molecule has 7 heteroatoms. The summed E-state index contributed by atoms with van der Waals surface area (Å²) in [4.78, 5) is 7.18. The molecule has 1 N–H and O–H groups in total. The van der Waals surface area contributed by atoms with Crippen LogP contribution in [-0.2, 0) is 0 Å². The Balaban J connectivity index is 2.39. The van der Waals surface area contributed by atoms with E-state index in [-0.39, 0.29) is 11.1 Å². The van der Waals surface area contributed by atoms with Crippen molar-refractivity contribution in [1.29, 1.82) is 5.26 Å². The Kier molecular flexibility index (Phi) is 3.60. The first-order chi connectivity index (χ1) is 8.60. The molecule has 2 aromatic rings. The molecule has 0 radical (unpaired) electrons. The minimum Gasteiger partial charge on any atom is -0.336 e. The molecule has 18 heavy (non-hydrogen) atoms. The van der Waals surface area contributed by atoms with Gasteiger partial charge in [0.1, 0.15) is 0 Å². The van der Waals surface area contributed by atoms with Crippen molar-refractivity contribution < 1.29 is 4.39 Å². The average Bonchev–Trinajstić information content (AvgIpc) is 2.36. The highest BCUT2D eigenvalue weighted by Crippen LogP contribution is 2.26. The smallest absolute Gasteiger partial charge is 0.224 e. The number of hydrogen-bond acceptors (Lipinski definition) is 4. The van der Waals surface area contributed by atoms with E-state index in [4.69, 9.17) is 28.5 Å². The molecule has 0 saturated carbocycles. The number of nitrogens with zero attached hydrogens (tertiary/aromatic N) is 3. The second kappa shape index (κ2) is 5.17. The Labute approximate surface area is 112 Å². The molecule has 0 spiro atoms. The van der Waals surface area contributed by atoms with Gasteiger partial charge in [0, 0.05) is 0 Å². The van der Waals surface area contributed by atoms with E-state index in [1.54, 1.807) is 6.07 Å². The van der Waals surface area contributed by atoms with Crippen LogP contribution in [0, 0.1) is 17.1 Å². The van der Waals surface area contributed by atoms with Crippen molar-refractivity contribution in [2.75, 3.05) is 5.32 Å². The zero-order valence-corrected chi connectivity index (χ0v) is 10.3. The third-order valence-electron chi connectivity index (χ3n) is 2.06. The number of rotatable bonds is 2. The predicted molar refractivity (Wildman–Crippen MR) is 66.4 cm³/mol. The third-order valence-corrected chi connectivity index (χ3v) is 2.57. The molecule has 4 nitrogen and oxygen atoms in total. The van der Waals surface area contributed by atoms with Crippen LogP contribution in [0.2, 0.25) is 10.3 Å². The van der Waals surface area contributed by atoms with E-state index in [1.165, 1.54) is 12.1 Å². The van der Waals surface area contributed by atoms with Gasteiger partial charge in [-0.15, -0.1) is 0 Å². The highest BCUT2D eigenvalue weighted by Gasteiger charge is 2.09. The average molecular weight is 283 g/mol. The van der Waals surface area contributed by atoms with Gasteiger partial charge in [0.25, 0.3) is 0 Å². The van der Waals surface area contributed by atoms with E-state index in [2.05, 4.69) is 15.3 Å². The van der Waals surface area contributed by atoms with Crippen LogP contribution in [0.1, 0.15) is 5.56 Å². The second-order valence-electron chi connectivity index (χ2n) is 3.27. The molecule has 0 aliphatic heterocycles. The molecule has 0 aliphatic carbocycles. The summed E-state index contributed by atoms with van der Waals surface area (Å²) in [5, 5.41) is 11.7. The number of nitrogens with one attached hydrogen (secondary N) is 1. The lowest BCUT2D eigenvalue weighted by atomic mass is 10.2. The zero-order valence-electron chi connectivity index (χ0n) is 8.78. The fourth-order valence-electron chi connectivity index (χ4n) is 1.25. The lowest BCUT2D eigenvalue weighted by molar-refractivity contribution is 0.619. The summed E-state index contributed by atoms with van der Waals surface area (Å²) < 4.78 is 13.4. The SMILES string of the molecule is N#Cc1ccc(Cl)c(Nc2nc(Cl)ncc2F)c1. The fourth-order valence-corrected chi connectivity index (χ4v) is 1.55. The Morgan fingerprint density at radius 1 is 1.33 bits per heavy atom. The summed E-state index contributed by atoms with van der Waals surface area (Å²) in [6.07, 6.45) is 0.944. The molecule has 1 heterocycles. The minimum atomic E-state index is -0.669. The number of halogens is 3. The van der Waals surface area contributed by atoms with E-state index in [1.807, 2.05) is 6.07 Å². The zero-order chi connectivity index (χ0) is 13.1. The number of aromatic nitrogens is 2. The summed E-state index contributed by atoms with van der Waals surface area (Å²) in [6, 6.07) is 6.52. The van der Waals surface area contributed by atoms with Crippen LogP contribution >= 0.6 is 23.2 Å². The van der Waals surface area contributed by atoms with Crippen LogP contribution in [0.4, 0.5) is 15.9 Å². The van der Waals surface area contributed by atoms with Gasteiger partial charge < -0.3 is 5.32 Å². The molecular formula is C11H5Cl2FN4. The Morgan fingerprint density at radius 2 is 2.11 bits per heavy atom. The number of hydrogen-bond donors (Lipinski definition) is 1. The Hall–Kier alpha value is -1.90. The van der Waals surface area contributed by atoms with Gasteiger partial charge in [-0.3, -0.25) is 0 Å². The topological polar surface area (TPSA) is 61.6 Å². The van der Waals surface area contributed by atoms with Crippen LogP contribution < -0.4 is 5.32 Å². The Morgan fingerprint density at radius 3 is 2.83 bits per heavy atom. The standard InChI is InChI=1S/C11H5Cl2FN4/c12-7-2-1-6(4-15)3-9(7)17-10-8(14)5-16-11(13)18-10/h1-3,5H,(H,16,17,18). The first-order valence-corrected chi connectivity index (χ1v) is 5.50. The molecule has 0 amide bonds. The molecule has 2 rings (SSSR count). The monoisotopic (exact) mass is 282 g/mol. The Bertz CT molecular complexity index is 639. The maximum absolute atomic E-state index is 13.4. The lowest BCUT2D eigenvalue weighted by Crippen LogP contribution is -1.99. The van der Waals surface area contributed by atoms with Crippen LogP contribution in [0.25, 0.3) is 0 Å². The van der Waals surface area contributed by atoms with E-state index in [9.17, 15) is 4.39 Å². The third kappa shape index (κ3) is 2.67.